The Morgan fingerprint density at radius 1 is 0.763 bits per heavy atom. The van der Waals surface area contributed by atoms with Crippen LogP contribution in [0.1, 0.15) is 31.2 Å². The average molecular weight is 507 g/mol. The van der Waals surface area contributed by atoms with Gasteiger partial charge in [-0.1, -0.05) is 66.7 Å². The van der Waals surface area contributed by atoms with E-state index in [2.05, 4.69) is 34.9 Å². The van der Waals surface area contributed by atoms with E-state index < -0.39 is 5.97 Å². The van der Waals surface area contributed by atoms with Gasteiger partial charge in [0.05, 0.1) is 23.3 Å². The molecule has 0 aliphatic carbocycles. The van der Waals surface area contributed by atoms with Crippen LogP contribution >= 0.6 is 0 Å². The minimum absolute atomic E-state index is 0.196. The Hall–Kier alpha value is -4.58. The largest absolute Gasteiger partial charge is 0.494 e. The first-order valence-electron chi connectivity index (χ1n) is 12.9. The summed E-state index contributed by atoms with van der Waals surface area (Å²) < 4.78 is 14.3. The van der Waals surface area contributed by atoms with E-state index in [0.717, 1.165) is 58.0 Å². The monoisotopic (exact) mass is 506 g/mol. The fraction of sp³-hybridized carbons (Fsp3) is 0.188. The number of carbonyl (C=O) groups is 1. The Morgan fingerprint density at radius 3 is 2.32 bits per heavy atom. The second kappa shape index (κ2) is 12.1. The molecule has 0 saturated heterocycles. The summed E-state index contributed by atoms with van der Waals surface area (Å²) in [4.78, 5) is 15.7. The van der Waals surface area contributed by atoms with Gasteiger partial charge in [-0.05, 0) is 49.1 Å². The van der Waals surface area contributed by atoms with Crippen LogP contribution < -0.4 is 9.47 Å². The van der Waals surface area contributed by atoms with Gasteiger partial charge in [-0.25, -0.2) is 4.98 Å². The van der Waals surface area contributed by atoms with E-state index in [0.29, 0.717) is 19.6 Å². The Kier molecular flexibility index (Phi) is 7.99. The maximum atomic E-state index is 10.7. The molecule has 0 aliphatic rings. The van der Waals surface area contributed by atoms with E-state index in [1.165, 1.54) is 0 Å². The molecular formula is C32H30N2O4. The van der Waals surface area contributed by atoms with Crippen molar-refractivity contribution in [2.75, 3.05) is 6.61 Å². The maximum Gasteiger partial charge on any atom is 0.303 e. The third kappa shape index (κ3) is 6.21. The summed E-state index contributed by atoms with van der Waals surface area (Å²) in [6, 6.07) is 34.2. The Bertz CT molecular complexity index is 1500. The van der Waals surface area contributed by atoms with E-state index >= 15 is 0 Å². The van der Waals surface area contributed by atoms with Crippen LogP contribution in [-0.2, 0) is 11.4 Å². The molecule has 0 spiro atoms. The van der Waals surface area contributed by atoms with Crippen LogP contribution in [-0.4, -0.2) is 27.2 Å². The van der Waals surface area contributed by atoms with Gasteiger partial charge in [-0.2, -0.15) is 0 Å². The molecule has 0 saturated carbocycles. The van der Waals surface area contributed by atoms with Crippen LogP contribution in [0, 0.1) is 0 Å². The number of fused-ring (bicyclic) bond motifs is 1. The first-order valence-corrected chi connectivity index (χ1v) is 12.9. The highest BCUT2D eigenvalue weighted by molar-refractivity contribution is 5.84. The quantitative estimate of drug-likeness (QED) is 0.180. The van der Waals surface area contributed by atoms with Crippen molar-refractivity contribution in [1.82, 2.24) is 9.55 Å². The van der Waals surface area contributed by atoms with Crippen molar-refractivity contribution in [3.63, 3.8) is 0 Å². The Morgan fingerprint density at radius 2 is 1.53 bits per heavy atom. The molecule has 0 aliphatic heterocycles. The maximum absolute atomic E-state index is 10.7. The van der Waals surface area contributed by atoms with Crippen molar-refractivity contribution < 1.29 is 19.4 Å². The normalized spacial score (nSPS) is 10.9. The third-order valence-electron chi connectivity index (χ3n) is 6.29. The second-order valence-electron chi connectivity index (χ2n) is 9.11. The molecule has 1 N–H and O–H groups in total. The van der Waals surface area contributed by atoms with Crippen molar-refractivity contribution in [1.29, 1.82) is 0 Å². The first kappa shape index (κ1) is 25.1. The molecule has 1 heterocycles. The van der Waals surface area contributed by atoms with Crippen LogP contribution in [0.3, 0.4) is 0 Å². The van der Waals surface area contributed by atoms with Gasteiger partial charge in [0, 0.05) is 24.1 Å². The molecule has 0 bridgehead atoms. The first-order chi connectivity index (χ1) is 18.7. The number of rotatable bonds is 12. The zero-order valence-corrected chi connectivity index (χ0v) is 21.1. The third-order valence-corrected chi connectivity index (χ3v) is 6.29. The highest BCUT2D eigenvalue weighted by Gasteiger charge is 2.16. The smallest absolute Gasteiger partial charge is 0.303 e. The lowest BCUT2D eigenvalue weighted by atomic mass is 10.2. The molecule has 6 heteroatoms. The molecule has 6 nitrogen and oxygen atoms in total. The van der Waals surface area contributed by atoms with Crippen molar-refractivity contribution >= 4 is 17.0 Å². The van der Waals surface area contributed by atoms with Crippen LogP contribution in [0.5, 0.6) is 11.5 Å². The molecule has 0 amide bonds. The number of carboxylic acids is 1. The van der Waals surface area contributed by atoms with E-state index in [9.17, 15) is 4.79 Å². The molecule has 0 unspecified atom stereocenters. The summed E-state index contributed by atoms with van der Waals surface area (Å²) >= 11 is 0. The van der Waals surface area contributed by atoms with E-state index in [1.807, 2.05) is 72.8 Å². The van der Waals surface area contributed by atoms with Gasteiger partial charge in [0.25, 0.3) is 0 Å². The standard InChI is InChI=1S/C32H30N2O4/c35-31(36)17-8-3-9-20-37-28-18-19-29-30(22-28)34(32(33-29)25-13-6-2-7-14-25)26-15-10-16-27(21-26)38-23-24-11-4-1-5-12-24/h1-2,4-7,10-16,18-19,21-22H,3,8-9,17,20,23H2,(H,35,36). The van der Waals surface area contributed by atoms with Gasteiger partial charge < -0.3 is 14.6 Å². The van der Waals surface area contributed by atoms with Gasteiger partial charge in [0.2, 0.25) is 0 Å². The zero-order chi connectivity index (χ0) is 26.2. The molecule has 5 aromatic rings. The number of imidazole rings is 1. The number of hydrogen-bond donors (Lipinski definition) is 1. The highest BCUT2D eigenvalue weighted by atomic mass is 16.5. The number of benzene rings is 4. The average Bonchev–Trinajstić information content (AvgIpc) is 3.34. The van der Waals surface area contributed by atoms with Crippen molar-refractivity contribution in [2.45, 2.75) is 32.3 Å². The number of unbranched alkanes of at least 4 members (excludes halogenated alkanes) is 2. The molecule has 192 valence electrons. The van der Waals surface area contributed by atoms with Crippen molar-refractivity contribution in [2.24, 2.45) is 0 Å². The predicted octanol–water partition coefficient (Wildman–Crippen LogP) is 7.30. The van der Waals surface area contributed by atoms with E-state index in [-0.39, 0.29) is 6.42 Å². The molecule has 4 aromatic carbocycles. The lowest BCUT2D eigenvalue weighted by Gasteiger charge is -2.13. The van der Waals surface area contributed by atoms with Gasteiger partial charge >= 0.3 is 5.97 Å². The fourth-order valence-corrected chi connectivity index (χ4v) is 4.39. The number of aromatic nitrogens is 2. The molecule has 38 heavy (non-hydrogen) atoms. The van der Waals surface area contributed by atoms with Crippen LogP contribution in [0.4, 0.5) is 0 Å². The number of nitrogens with zero attached hydrogens (tertiary/aromatic N) is 2. The van der Waals surface area contributed by atoms with Gasteiger partial charge in [-0.15, -0.1) is 0 Å². The summed E-state index contributed by atoms with van der Waals surface area (Å²) in [6.07, 6.45) is 2.48. The number of carboxylic acid groups (broad SMARTS) is 1. The SMILES string of the molecule is O=C(O)CCCCCOc1ccc2nc(-c3ccccc3)n(-c3cccc(OCc4ccccc4)c3)c2c1. The lowest BCUT2D eigenvalue weighted by Crippen LogP contribution is -2.01. The van der Waals surface area contributed by atoms with E-state index in [1.54, 1.807) is 0 Å². The predicted molar refractivity (Wildman–Crippen MR) is 149 cm³/mol. The van der Waals surface area contributed by atoms with E-state index in [4.69, 9.17) is 19.6 Å². The van der Waals surface area contributed by atoms with Crippen molar-refractivity contribution in [3.8, 4) is 28.6 Å². The van der Waals surface area contributed by atoms with Gasteiger partial charge in [-0.3, -0.25) is 9.36 Å². The minimum atomic E-state index is -0.756. The molecule has 5 rings (SSSR count). The summed E-state index contributed by atoms with van der Waals surface area (Å²) in [5.41, 5.74) is 4.88. The number of ether oxygens (including phenoxy) is 2. The summed E-state index contributed by atoms with van der Waals surface area (Å²) in [6.45, 7) is 1.03. The van der Waals surface area contributed by atoms with Crippen LogP contribution in [0.25, 0.3) is 28.1 Å². The number of aliphatic carboxylic acids is 1. The summed E-state index contributed by atoms with van der Waals surface area (Å²) in [5.74, 6) is 1.62. The van der Waals surface area contributed by atoms with Gasteiger partial charge in [0.1, 0.15) is 23.9 Å². The highest BCUT2D eigenvalue weighted by Crippen LogP contribution is 2.32. The van der Waals surface area contributed by atoms with Crippen LogP contribution in [0.2, 0.25) is 0 Å². The molecule has 0 radical (unpaired) electrons. The summed E-state index contributed by atoms with van der Waals surface area (Å²) in [5, 5.41) is 8.80. The Labute approximate surface area is 222 Å². The lowest BCUT2D eigenvalue weighted by molar-refractivity contribution is -0.137. The van der Waals surface area contributed by atoms with Crippen LogP contribution in [0.15, 0.2) is 103 Å². The Balaban J connectivity index is 1.43. The minimum Gasteiger partial charge on any atom is -0.494 e. The van der Waals surface area contributed by atoms with Gasteiger partial charge in [0.15, 0.2) is 0 Å². The zero-order valence-electron chi connectivity index (χ0n) is 21.1. The summed E-state index contributed by atoms with van der Waals surface area (Å²) in [7, 11) is 0. The molecule has 1 aromatic heterocycles. The topological polar surface area (TPSA) is 73.6 Å². The van der Waals surface area contributed by atoms with Crippen molar-refractivity contribution in [3.05, 3.63) is 109 Å². The number of hydrogen-bond acceptors (Lipinski definition) is 4. The molecule has 0 atom stereocenters. The second-order valence-corrected chi connectivity index (χ2v) is 9.11. The fourth-order valence-electron chi connectivity index (χ4n) is 4.39. The molecular weight excluding hydrogens is 476 g/mol. The molecule has 0 fully saturated rings.